The third-order valence-corrected chi connectivity index (χ3v) is 4.95. The van der Waals surface area contributed by atoms with E-state index in [4.69, 9.17) is 10.1 Å². The van der Waals surface area contributed by atoms with Gasteiger partial charge in [-0.05, 0) is 24.6 Å². The van der Waals surface area contributed by atoms with E-state index in [1.165, 1.54) is 4.90 Å². The van der Waals surface area contributed by atoms with E-state index in [1.807, 2.05) is 30.5 Å². The fraction of sp³-hybridized carbons (Fsp3) is 0.333. The molecule has 1 atom stereocenters. The number of methoxy groups -OCH3 is 1. The minimum Gasteiger partial charge on any atom is -0.495 e. The lowest BCUT2D eigenvalue weighted by Crippen LogP contribution is -2.58. The summed E-state index contributed by atoms with van der Waals surface area (Å²) in [7, 11) is 3.27. The lowest BCUT2D eigenvalue weighted by Gasteiger charge is -2.39. The zero-order valence-electron chi connectivity index (χ0n) is 12.2. The molecule has 0 unspecified atom stereocenters. The molecule has 3 rings (SSSR count). The van der Waals surface area contributed by atoms with Crippen molar-refractivity contribution in [3.05, 3.63) is 29.1 Å². The summed E-state index contributed by atoms with van der Waals surface area (Å²) < 4.78 is 6.52. The number of rotatable bonds is 2. The first-order valence-electron chi connectivity index (χ1n) is 6.63. The van der Waals surface area contributed by atoms with Crippen LogP contribution in [0.5, 0.6) is 5.75 Å². The first-order valence-corrected chi connectivity index (χ1v) is 7.51. The topological polar surface area (TPSA) is 65.4 Å². The Morgan fingerprint density at radius 1 is 1.48 bits per heavy atom. The van der Waals surface area contributed by atoms with Crippen LogP contribution in [0.2, 0.25) is 0 Å². The molecule has 6 heteroatoms. The van der Waals surface area contributed by atoms with E-state index in [1.54, 1.807) is 25.5 Å². The van der Waals surface area contributed by atoms with E-state index in [9.17, 15) is 4.79 Å². The highest BCUT2D eigenvalue weighted by Gasteiger charge is 2.38. The third kappa shape index (κ3) is 2.15. The molecular formula is C15H17N3O2S. The van der Waals surface area contributed by atoms with Crippen molar-refractivity contribution in [2.75, 3.05) is 14.2 Å². The number of ether oxygens (including phenoxy) is 1. The van der Waals surface area contributed by atoms with Crippen molar-refractivity contribution in [1.29, 1.82) is 5.41 Å². The molecule has 0 saturated carbocycles. The van der Waals surface area contributed by atoms with Crippen LogP contribution in [-0.2, 0) is 10.3 Å². The minimum atomic E-state index is -0.568. The molecule has 2 heterocycles. The summed E-state index contributed by atoms with van der Waals surface area (Å²) in [6, 6.07) is 6.10. The number of benzene rings is 1. The van der Waals surface area contributed by atoms with Gasteiger partial charge in [-0.25, -0.2) is 0 Å². The first kappa shape index (κ1) is 13.9. The molecule has 1 aliphatic rings. The molecule has 0 radical (unpaired) electrons. The molecular weight excluding hydrogens is 286 g/mol. The van der Waals surface area contributed by atoms with E-state index < -0.39 is 5.54 Å². The van der Waals surface area contributed by atoms with Crippen LogP contribution in [0.25, 0.3) is 10.1 Å². The number of thiophene rings is 1. The first-order chi connectivity index (χ1) is 9.94. The molecule has 5 nitrogen and oxygen atoms in total. The lowest BCUT2D eigenvalue weighted by atomic mass is 9.86. The van der Waals surface area contributed by atoms with Crippen molar-refractivity contribution in [3.8, 4) is 5.75 Å². The van der Waals surface area contributed by atoms with Gasteiger partial charge in [0.1, 0.15) is 5.75 Å². The van der Waals surface area contributed by atoms with Gasteiger partial charge in [-0.3, -0.25) is 15.1 Å². The van der Waals surface area contributed by atoms with Crippen molar-refractivity contribution >= 4 is 33.3 Å². The van der Waals surface area contributed by atoms with Crippen LogP contribution in [0.15, 0.2) is 23.6 Å². The highest BCUT2D eigenvalue weighted by atomic mass is 32.1. The zero-order valence-corrected chi connectivity index (χ0v) is 13.0. The fourth-order valence-electron chi connectivity index (χ4n) is 2.62. The number of guanidine groups is 1. The van der Waals surface area contributed by atoms with Crippen LogP contribution in [0, 0.1) is 5.41 Å². The Bertz CT molecular complexity index is 720. The monoisotopic (exact) mass is 303 g/mol. The molecule has 1 aromatic heterocycles. The van der Waals surface area contributed by atoms with E-state index in [2.05, 4.69) is 5.32 Å². The second kappa shape index (κ2) is 4.73. The molecule has 1 fully saturated rings. The maximum Gasteiger partial charge on any atom is 0.231 e. The van der Waals surface area contributed by atoms with Crippen LogP contribution in [0.1, 0.15) is 18.9 Å². The number of fused-ring (bicyclic) bond motifs is 1. The quantitative estimate of drug-likeness (QED) is 0.896. The summed E-state index contributed by atoms with van der Waals surface area (Å²) in [5.41, 5.74) is 0.417. The lowest BCUT2D eigenvalue weighted by molar-refractivity contribution is -0.129. The van der Waals surface area contributed by atoms with Crippen molar-refractivity contribution < 1.29 is 9.53 Å². The molecule has 0 aliphatic carbocycles. The second-order valence-corrected chi connectivity index (χ2v) is 6.36. The van der Waals surface area contributed by atoms with Crippen molar-refractivity contribution in [3.63, 3.8) is 0 Å². The largest absolute Gasteiger partial charge is 0.495 e. The van der Waals surface area contributed by atoms with Crippen LogP contribution in [0.4, 0.5) is 0 Å². The van der Waals surface area contributed by atoms with Gasteiger partial charge in [0.05, 0.1) is 19.1 Å². The van der Waals surface area contributed by atoms with E-state index in [0.717, 1.165) is 21.4 Å². The predicted octanol–water partition coefficient (Wildman–Crippen LogP) is 2.51. The number of nitrogens with one attached hydrogen (secondary N) is 2. The molecule has 1 aliphatic heterocycles. The van der Waals surface area contributed by atoms with E-state index >= 15 is 0 Å². The maximum atomic E-state index is 12.1. The molecule has 0 spiro atoms. The van der Waals surface area contributed by atoms with E-state index in [0.29, 0.717) is 6.42 Å². The SMILES string of the molecule is COc1csc2ccc([C@]3(C)CC(=O)N(C)C(=N)N3)cc12. The molecule has 2 aromatic rings. The van der Waals surface area contributed by atoms with Gasteiger partial charge in [0.2, 0.25) is 5.91 Å². The third-order valence-electron chi connectivity index (χ3n) is 4.00. The van der Waals surface area contributed by atoms with Crippen molar-refractivity contribution in [1.82, 2.24) is 10.2 Å². The van der Waals surface area contributed by atoms with Gasteiger partial charge < -0.3 is 10.1 Å². The number of amides is 1. The minimum absolute atomic E-state index is 0.0568. The van der Waals surface area contributed by atoms with Gasteiger partial charge in [-0.1, -0.05) is 6.07 Å². The van der Waals surface area contributed by atoms with Crippen molar-refractivity contribution in [2.45, 2.75) is 18.9 Å². The Morgan fingerprint density at radius 2 is 2.24 bits per heavy atom. The Hall–Kier alpha value is -2.08. The normalized spacial score (nSPS) is 22.5. The summed E-state index contributed by atoms with van der Waals surface area (Å²) in [6.45, 7) is 1.95. The Kier molecular flexibility index (Phi) is 3.13. The average Bonchev–Trinajstić information content (AvgIpc) is 2.86. The standard InChI is InChI=1S/C15H17N3O2S/c1-15(7-13(19)18(2)14(16)17-15)9-4-5-12-10(6-9)11(20-3)8-21-12/h4-6,8H,7H2,1-3H3,(H2,16,17)/t15-/m0/s1. The van der Waals surface area contributed by atoms with Crippen LogP contribution < -0.4 is 10.1 Å². The predicted molar refractivity (Wildman–Crippen MR) is 84.0 cm³/mol. The highest BCUT2D eigenvalue weighted by molar-refractivity contribution is 7.17. The summed E-state index contributed by atoms with van der Waals surface area (Å²) >= 11 is 1.63. The van der Waals surface area contributed by atoms with Gasteiger partial charge >= 0.3 is 0 Å². The molecule has 1 saturated heterocycles. The van der Waals surface area contributed by atoms with Gasteiger partial charge in [0.25, 0.3) is 0 Å². The Morgan fingerprint density at radius 3 is 2.90 bits per heavy atom. The molecule has 110 valence electrons. The maximum absolute atomic E-state index is 12.1. The second-order valence-electron chi connectivity index (χ2n) is 5.45. The fourth-order valence-corrected chi connectivity index (χ4v) is 3.51. The van der Waals surface area contributed by atoms with Crippen molar-refractivity contribution in [2.24, 2.45) is 0 Å². The molecule has 21 heavy (non-hydrogen) atoms. The van der Waals surface area contributed by atoms with Crippen LogP contribution in [0.3, 0.4) is 0 Å². The van der Waals surface area contributed by atoms with Gasteiger partial charge in [0.15, 0.2) is 5.96 Å². The number of nitrogens with zero attached hydrogens (tertiary/aromatic N) is 1. The van der Waals surface area contributed by atoms with Crippen LogP contribution >= 0.6 is 11.3 Å². The number of carbonyl (C=O) groups excluding carboxylic acids is 1. The zero-order chi connectivity index (χ0) is 15.2. The van der Waals surface area contributed by atoms with E-state index in [-0.39, 0.29) is 11.9 Å². The molecule has 1 aromatic carbocycles. The summed E-state index contributed by atoms with van der Waals surface area (Å²) in [5, 5.41) is 14.1. The Balaban J connectivity index is 2.06. The van der Waals surface area contributed by atoms with Gasteiger partial charge in [0, 0.05) is 22.5 Å². The number of hydrogen-bond acceptors (Lipinski definition) is 4. The number of hydrogen-bond donors (Lipinski definition) is 2. The molecule has 0 bridgehead atoms. The summed E-state index contributed by atoms with van der Waals surface area (Å²) in [4.78, 5) is 13.4. The highest BCUT2D eigenvalue weighted by Crippen LogP contribution is 2.36. The smallest absolute Gasteiger partial charge is 0.231 e. The van der Waals surface area contributed by atoms with Gasteiger partial charge in [-0.15, -0.1) is 11.3 Å². The number of carbonyl (C=O) groups is 1. The average molecular weight is 303 g/mol. The Labute approximate surface area is 127 Å². The van der Waals surface area contributed by atoms with Crippen LogP contribution in [-0.4, -0.2) is 30.9 Å². The summed E-state index contributed by atoms with van der Waals surface area (Å²) in [5.74, 6) is 0.916. The van der Waals surface area contributed by atoms with Gasteiger partial charge in [-0.2, -0.15) is 0 Å². The summed E-state index contributed by atoms with van der Waals surface area (Å²) in [6.07, 6.45) is 0.323. The molecule has 1 amide bonds. The molecule has 2 N–H and O–H groups in total.